The van der Waals surface area contributed by atoms with Crippen LogP contribution in [0.4, 0.5) is 5.69 Å². The lowest BCUT2D eigenvalue weighted by Gasteiger charge is -2.31. The summed E-state index contributed by atoms with van der Waals surface area (Å²) in [5.41, 5.74) is 2.31. The minimum absolute atomic E-state index is 0.0718. The van der Waals surface area contributed by atoms with E-state index in [-0.39, 0.29) is 21.8 Å². The van der Waals surface area contributed by atoms with Crippen LogP contribution in [0.25, 0.3) is 6.08 Å². The molecule has 3 heterocycles. The fourth-order valence-electron chi connectivity index (χ4n) is 4.59. The average molecular weight is 595 g/mol. The second-order valence-electron chi connectivity index (χ2n) is 9.16. The molecular formula is C28H23ClN4O5S2. The molecule has 9 nitrogen and oxygen atoms in total. The third kappa shape index (κ3) is 4.91. The van der Waals surface area contributed by atoms with Crippen LogP contribution < -0.4 is 25.1 Å². The first-order chi connectivity index (χ1) is 19.1. The van der Waals surface area contributed by atoms with Crippen LogP contribution in [0.1, 0.15) is 31.0 Å². The van der Waals surface area contributed by atoms with Gasteiger partial charge in [0.15, 0.2) is 9.91 Å². The van der Waals surface area contributed by atoms with E-state index in [0.29, 0.717) is 26.8 Å². The van der Waals surface area contributed by atoms with E-state index in [0.717, 1.165) is 16.9 Å². The van der Waals surface area contributed by atoms with Gasteiger partial charge in [-0.2, -0.15) is 0 Å². The Bertz CT molecular complexity index is 1770. The molecule has 0 unspecified atom stereocenters. The lowest BCUT2D eigenvalue weighted by Crippen LogP contribution is -2.58. The van der Waals surface area contributed by atoms with Crippen LogP contribution in [0.2, 0.25) is 5.02 Å². The summed E-state index contributed by atoms with van der Waals surface area (Å²) in [5.74, 6) is -3.16. The van der Waals surface area contributed by atoms with Crippen molar-refractivity contribution in [2.45, 2.75) is 26.8 Å². The number of hydrogen-bond donors (Lipinski definition) is 1. The van der Waals surface area contributed by atoms with Gasteiger partial charge >= 0.3 is 5.97 Å². The highest BCUT2D eigenvalue weighted by Crippen LogP contribution is 2.31. The average Bonchev–Trinajstić information content (AvgIpc) is 3.21. The van der Waals surface area contributed by atoms with E-state index in [1.807, 2.05) is 31.2 Å². The van der Waals surface area contributed by atoms with Crippen molar-refractivity contribution in [2.24, 2.45) is 10.9 Å². The molecule has 3 aromatic rings. The van der Waals surface area contributed by atoms with Gasteiger partial charge in [0, 0.05) is 5.02 Å². The van der Waals surface area contributed by atoms with E-state index >= 15 is 0 Å². The quantitative estimate of drug-likeness (QED) is 0.276. The molecule has 1 aromatic heterocycles. The number of carbonyl (C=O) groups is 3. The van der Waals surface area contributed by atoms with Gasteiger partial charge in [0.05, 0.1) is 34.1 Å². The maximum Gasteiger partial charge on any atom is 0.338 e. The molecule has 1 saturated heterocycles. The smallest absolute Gasteiger partial charge is 0.338 e. The van der Waals surface area contributed by atoms with Gasteiger partial charge in [0.25, 0.3) is 5.56 Å². The zero-order valence-corrected chi connectivity index (χ0v) is 24.0. The van der Waals surface area contributed by atoms with E-state index in [4.69, 9.17) is 28.6 Å². The minimum atomic E-state index is -1.33. The number of ether oxygens (including phenoxy) is 1. The van der Waals surface area contributed by atoms with Gasteiger partial charge < -0.3 is 10.1 Å². The molecule has 0 aliphatic carbocycles. The first-order valence-corrected chi connectivity index (χ1v) is 13.9. The van der Waals surface area contributed by atoms with Crippen molar-refractivity contribution in [3.63, 3.8) is 0 Å². The summed E-state index contributed by atoms with van der Waals surface area (Å²) in [7, 11) is 0. The summed E-state index contributed by atoms with van der Waals surface area (Å²) in [4.78, 5) is 59.3. The zero-order valence-electron chi connectivity index (χ0n) is 21.6. The Balaban J connectivity index is 1.64. The van der Waals surface area contributed by atoms with Crippen molar-refractivity contribution in [3.8, 4) is 0 Å². The number of anilines is 1. The van der Waals surface area contributed by atoms with E-state index < -0.39 is 35.3 Å². The highest BCUT2D eigenvalue weighted by molar-refractivity contribution is 7.80. The lowest BCUT2D eigenvalue weighted by molar-refractivity contribution is -0.139. The molecule has 2 amide bonds. The largest absolute Gasteiger partial charge is 0.463 e. The Morgan fingerprint density at radius 1 is 1.12 bits per heavy atom. The molecule has 2 aliphatic rings. The number of hydrogen-bond acceptors (Lipinski definition) is 8. The van der Waals surface area contributed by atoms with E-state index in [2.05, 4.69) is 10.3 Å². The normalized spacial score (nSPS) is 19.4. The number of nitrogens with zero attached hydrogens (tertiary/aromatic N) is 3. The number of fused-ring (bicyclic) bond motifs is 1. The summed E-state index contributed by atoms with van der Waals surface area (Å²) in [6.07, 6.45) is 1.32. The van der Waals surface area contributed by atoms with Crippen LogP contribution in [0.3, 0.4) is 0 Å². The number of benzene rings is 2. The molecular weight excluding hydrogens is 572 g/mol. The van der Waals surface area contributed by atoms with E-state index in [9.17, 15) is 19.2 Å². The number of halogens is 1. The molecule has 0 spiro atoms. The standard InChI is InChI=1S/C28H23ClN4O5S2/c1-4-38-26(37)21-15(3)30-28-33(22(21)16-7-5-14(2)6-8-16)25(36)20(40-28)13-19-23(34)31-27(39)32(24(19)35)18-11-9-17(29)10-12-18/h5-13,19,22H,4H2,1-3H3,(H,31,34,39)/b20-13+/t19-,22-/m1/s1. The number of rotatable bonds is 5. The van der Waals surface area contributed by atoms with Gasteiger partial charge in [-0.25, -0.2) is 9.79 Å². The highest BCUT2D eigenvalue weighted by atomic mass is 35.5. The number of thiazole rings is 1. The fourth-order valence-corrected chi connectivity index (χ4v) is 6.07. The Morgan fingerprint density at radius 2 is 1.80 bits per heavy atom. The van der Waals surface area contributed by atoms with Crippen LogP contribution in [0, 0.1) is 12.8 Å². The van der Waals surface area contributed by atoms with Crippen LogP contribution in [0.15, 0.2) is 69.6 Å². The Hall–Kier alpha value is -3.93. The van der Waals surface area contributed by atoms with Crippen molar-refractivity contribution >= 4 is 69.8 Å². The Labute approximate surface area is 243 Å². The summed E-state index contributed by atoms with van der Waals surface area (Å²) in [6, 6.07) is 13.1. The second kappa shape index (κ2) is 10.9. The zero-order chi connectivity index (χ0) is 28.7. The van der Waals surface area contributed by atoms with Crippen LogP contribution in [0.5, 0.6) is 0 Å². The molecule has 1 fully saturated rings. The van der Waals surface area contributed by atoms with Crippen LogP contribution >= 0.6 is 35.2 Å². The molecule has 40 heavy (non-hydrogen) atoms. The van der Waals surface area contributed by atoms with Crippen molar-refractivity contribution in [3.05, 3.63) is 95.6 Å². The van der Waals surface area contributed by atoms with Crippen molar-refractivity contribution in [1.29, 1.82) is 0 Å². The van der Waals surface area contributed by atoms with E-state index in [1.165, 1.54) is 15.5 Å². The second-order valence-corrected chi connectivity index (χ2v) is 11.0. The third-order valence-electron chi connectivity index (χ3n) is 6.52. The van der Waals surface area contributed by atoms with Gasteiger partial charge in [-0.15, -0.1) is 0 Å². The number of aromatic nitrogens is 1. The van der Waals surface area contributed by atoms with Gasteiger partial charge in [-0.1, -0.05) is 52.8 Å². The maximum atomic E-state index is 13.8. The van der Waals surface area contributed by atoms with Crippen LogP contribution in [-0.4, -0.2) is 34.1 Å². The molecule has 5 rings (SSSR count). The number of carbonyl (C=O) groups excluding carboxylic acids is 3. The van der Waals surface area contributed by atoms with Crippen molar-refractivity contribution < 1.29 is 19.1 Å². The maximum absolute atomic E-state index is 13.8. The molecule has 1 N–H and O–H groups in total. The highest BCUT2D eigenvalue weighted by Gasteiger charge is 2.39. The van der Waals surface area contributed by atoms with Gasteiger partial charge in [0.2, 0.25) is 11.8 Å². The summed E-state index contributed by atoms with van der Waals surface area (Å²) in [6.45, 7) is 5.49. The SMILES string of the molecule is CCOC(=O)C1=C(C)N=c2s/c(=C/[C@@H]3C(=O)NC(=S)N(c4ccc(Cl)cc4)C3=O)c(=O)n2[C@@H]1c1ccc(C)cc1. The number of aryl methyl sites for hydroxylation is 1. The van der Waals surface area contributed by atoms with Crippen molar-refractivity contribution in [1.82, 2.24) is 9.88 Å². The number of amides is 2. The molecule has 0 radical (unpaired) electrons. The monoisotopic (exact) mass is 594 g/mol. The van der Waals surface area contributed by atoms with Gasteiger partial charge in [-0.05, 0) is 68.9 Å². The molecule has 2 aromatic carbocycles. The predicted octanol–water partition coefficient (Wildman–Crippen LogP) is 2.78. The third-order valence-corrected chi connectivity index (χ3v) is 8.05. The lowest BCUT2D eigenvalue weighted by atomic mass is 9.95. The number of esters is 1. The van der Waals surface area contributed by atoms with Crippen LogP contribution in [-0.2, 0) is 19.1 Å². The molecule has 12 heteroatoms. The minimum Gasteiger partial charge on any atom is -0.463 e. The Morgan fingerprint density at radius 3 is 2.45 bits per heavy atom. The number of thiocarbonyl (C=S) groups is 1. The summed E-state index contributed by atoms with van der Waals surface area (Å²) < 4.78 is 6.85. The topological polar surface area (TPSA) is 110 Å². The first-order valence-electron chi connectivity index (χ1n) is 12.3. The molecule has 0 bridgehead atoms. The molecule has 2 aliphatic heterocycles. The fraction of sp³-hybridized carbons (Fsp3) is 0.214. The molecule has 0 saturated carbocycles. The van der Waals surface area contributed by atoms with Gasteiger partial charge in [-0.3, -0.25) is 23.9 Å². The van der Waals surface area contributed by atoms with Crippen molar-refractivity contribution in [2.75, 3.05) is 11.5 Å². The number of nitrogens with one attached hydrogen (secondary N) is 1. The number of allylic oxidation sites excluding steroid dienone is 1. The summed E-state index contributed by atoms with van der Waals surface area (Å²) >= 11 is 12.3. The van der Waals surface area contributed by atoms with E-state index in [1.54, 1.807) is 38.1 Å². The predicted molar refractivity (Wildman–Crippen MR) is 156 cm³/mol. The first kappa shape index (κ1) is 27.6. The molecule has 204 valence electrons. The molecule has 2 atom stereocenters. The van der Waals surface area contributed by atoms with Gasteiger partial charge in [0.1, 0.15) is 5.92 Å². The summed E-state index contributed by atoms with van der Waals surface area (Å²) in [5, 5.41) is 2.95. The Kier molecular flexibility index (Phi) is 7.54.